The number of fused-ring (bicyclic) bond motifs is 1. The number of imidazole rings is 1. The molecule has 102 valence electrons. The Kier molecular flexibility index (Phi) is 3.05. The summed E-state index contributed by atoms with van der Waals surface area (Å²) in [4.78, 5) is 4.63. The van der Waals surface area contributed by atoms with E-state index in [4.69, 9.17) is 5.73 Å². The molecular formula is C15H20FN3. The molecule has 2 aromatic rings. The summed E-state index contributed by atoms with van der Waals surface area (Å²) >= 11 is 0. The van der Waals surface area contributed by atoms with Crippen molar-refractivity contribution in [1.29, 1.82) is 0 Å². The summed E-state index contributed by atoms with van der Waals surface area (Å²) in [5.74, 6) is 0.824. The minimum absolute atomic E-state index is 0.225. The van der Waals surface area contributed by atoms with Crippen molar-refractivity contribution in [2.45, 2.75) is 39.2 Å². The second-order valence-corrected chi connectivity index (χ2v) is 5.64. The third-order valence-corrected chi connectivity index (χ3v) is 4.49. The summed E-state index contributed by atoms with van der Waals surface area (Å²) in [5.41, 5.74) is 7.93. The summed E-state index contributed by atoms with van der Waals surface area (Å²) in [6.07, 6.45) is 4.54. The molecule has 1 saturated carbocycles. The summed E-state index contributed by atoms with van der Waals surface area (Å²) in [5, 5.41) is 0. The maximum atomic E-state index is 13.3. The molecule has 0 aliphatic heterocycles. The first-order valence-corrected chi connectivity index (χ1v) is 7.02. The van der Waals surface area contributed by atoms with Crippen LogP contribution in [-0.4, -0.2) is 16.1 Å². The van der Waals surface area contributed by atoms with E-state index in [0.29, 0.717) is 6.54 Å². The number of aryl methyl sites for hydroxylation is 1. The number of halogens is 1. The maximum absolute atomic E-state index is 13.3. The van der Waals surface area contributed by atoms with E-state index in [0.717, 1.165) is 29.8 Å². The lowest BCUT2D eigenvalue weighted by Gasteiger charge is -2.40. The number of nitrogens with zero attached hydrogens (tertiary/aromatic N) is 2. The Morgan fingerprint density at radius 3 is 2.79 bits per heavy atom. The molecule has 3 rings (SSSR count). The molecule has 1 heterocycles. The molecule has 1 fully saturated rings. The van der Waals surface area contributed by atoms with E-state index in [1.807, 2.05) is 6.07 Å². The molecule has 0 spiro atoms. The van der Waals surface area contributed by atoms with Gasteiger partial charge >= 0.3 is 0 Å². The monoisotopic (exact) mass is 261 g/mol. The summed E-state index contributed by atoms with van der Waals surface area (Å²) in [7, 11) is 0. The van der Waals surface area contributed by atoms with Gasteiger partial charge in [-0.05, 0) is 43.9 Å². The highest BCUT2D eigenvalue weighted by Crippen LogP contribution is 2.42. The van der Waals surface area contributed by atoms with Gasteiger partial charge < -0.3 is 10.3 Å². The van der Waals surface area contributed by atoms with Crippen LogP contribution in [0.3, 0.4) is 0 Å². The van der Waals surface area contributed by atoms with E-state index in [1.165, 1.54) is 31.4 Å². The minimum Gasteiger partial charge on any atom is -0.330 e. The molecule has 0 atom stereocenters. The Hall–Kier alpha value is -1.42. The highest BCUT2D eigenvalue weighted by Gasteiger charge is 2.37. The Labute approximate surface area is 112 Å². The number of benzene rings is 1. The number of nitrogens with two attached hydrogens (primary N) is 1. The molecule has 0 saturated heterocycles. The van der Waals surface area contributed by atoms with Gasteiger partial charge in [0, 0.05) is 19.0 Å². The fraction of sp³-hybridized carbons (Fsp3) is 0.533. The molecule has 3 nitrogen and oxygen atoms in total. The first-order chi connectivity index (χ1) is 9.17. The maximum Gasteiger partial charge on any atom is 0.125 e. The van der Waals surface area contributed by atoms with E-state index in [2.05, 4.69) is 16.5 Å². The summed E-state index contributed by atoms with van der Waals surface area (Å²) < 4.78 is 15.5. The van der Waals surface area contributed by atoms with E-state index in [-0.39, 0.29) is 11.2 Å². The lowest BCUT2D eigenvalue weighted by Crippen LogP contribution is -2.39. The van der Waals surface area contributed by atoms with Crippen molar-refractivity contribution in [2.75, 3.05) is 6.54 Å². The van der Waals surface area contributed by atoms with Crippen molar-refractivity contribution in [2.24, 2.45) is 11.1 Å². The molecule has 0 unspecified atom stereocenters. The van der Waals surface area contributed by atoms with Gasteiger partial charge in [-0.15, -0.1) is 0 Å². The molecule has 1 aliphatic carbocycles. The molecule has 2 N–H and O–H groups in total. The van der Waals surface area contributed by atoms with Crippen molar-refractivity contribution >= 4 is 11.0 Å². The van der Waals surface area contributed by atoms with Crippen molar-refractivity contribution in [3.63, 3.8) is 0 Å². The van der Waals surface area contributed by atoms with Gasteiger partial charge in [-0.3, -0.25) is 0 Å². The van der Waals surface area contributed by atoms with Crippen LogP contribution in [0.2, 0.25) is 0 Å². The van der Waals surface area contributed by atoms with E-state index >= 15 is 0 Å². The zero-order valence-corrected chi connectivity index (χ0v) is 11.3. The Morgan fingerprint density at radius 2 is 2.21 bits per heavy atom. The molecule has 0 radical (unpaired) electrons. The van der Waals surface area contributed by atoms with Gasteiger partial charge in [-0.1, -0.05) is 6.42 Å². The number of hydrogen-bond acceptors (Lipinski definition) is 2. The van der Waals surface area contributed by atoms with Gasteiger partial charge in [-0.2, -0.15) is 0 Å². The lowest BCUT2D eigenvalue weighted by molar-refractivity contribution is 0.140. The van der Waals surface area contributed by atoms with E-state index in [1.54, 1.807) is 0 Å². The normalized spacial score (nSPS) is 17.6. The predicted octanol–water partition coefficient (Wildman–Crippen LogP) is 2.87. The van der Waals surface area contributed by atoms with Crippen LogP contribution < -0.4 is 5.73 Å². The van der Waals surface area contributed by atoms with Gasteiger partial charge in [0.2, 0.25) is 0 Å². The third-order valence-electron chi connectivity index (χ3n) is 4.49. The molecule has 4 heteroatoms. The zero-order chi connectivity index (χ0) is 13.5. The average Bonchev–Trinajstić information content (AvgIpc) is 2.69. The Morgan fingerprint density at radius 1 is 1.42 bits per heavy atom. The molecule has 0 amide bonds. The SMILES string of the molecule is CCn1c(CC2(CN)CCC2)nc2cc(F)ccc21. The second-order valence-electron chi connectivity index (χ2n) is 5.64. The number of aromatic nitrogens is 2. The zero-order valence-electron chi connectivity index (χ0n) is 11.3. The van der Waals surface area contributed by atoms with Crippen LogP contribution in [0.25, 0.3) is 11.0 Å². The van der Waals surface area contributed by atoms with Crippen LogP contribution in [0.15, 0.2) is 18.2 Å². The number of rotatable bonds is 4. The van der Waals surface area contributed by atoms with E-state index < -0.39 is 0 Å². The topological polar surface area (TPSA) is 43.8 Å². The van der Waals surface area contributed by atoms with Crippen LogP contribution in [0.5, 0.6) is 0 Å². The van der Waals surface area contributed by atoms with Crippen LogP contribution in [0.1, 0.15) is 32.0 Å². The first kappa shape index (κ1) is 12.6. The van der Waals surface area contributed by atoms with Crippen LogP contribution >= 0.6 is 0 Å². The lowest BCUT2D eigenvalue weighted by atomic mass is 9.66. The van der Waals surface area contributed by atoms with E-state index in [9.17, 15) is 4.39 Å². The smallest absolute Gasteiger partial charge is 0.125 e. The summed E-state index contributed by atoms with van der Waals surface area (Å²) in [6.45, 7) is 3.68. The largest absolute Gasteiger partial charge is 0.330 e. The van der Waals surface area contributed by atoms with Crippen LogP contribution in [0.4, 0.5) is 4.39 Å². The average molecular weight is 261 g/mol. The molecule has 1 aliphatic rings. The van der Waals surface area contributed by atoms with Gasteiger partial charge in [0.1, 0.15) is 11.6 Å². The van der Waals surface area contributed by atoms with Crippen molar-refractivity contribution in [3.05, 3.63) is 29.8 Å². The number of hydrogen-bond donors (Lipinski definition) is 1. The Balaban J connectivity index is 2.02. The highest BCUT2D eigenvalue weighted by molar-refractivity contribution is 5.76. The molecule has 0 bridgehead atoms. The molecule has 1 aromatic heterocycles. The standard InChI is InChI=1S/C15H20FN3/c1-2-19-13-5-4-11(16)8-12(13)18-14(19)9-15(10-17)6-3-7-15/h4-5,8H,2-3,6-7,9-10,17H2,1H3. The fourth-order valence-corrected chi connectivity index (χ4v) is 3.11. The predicted molar refractivity (Wildman–Crippen MR) is 74.4 cm³/mol. The van der Waals surface area contributed by atoms with Gasteiger partial charge in [-0.25, -0.2) is 9.37 Å². The van der Waals surface area contributed by atoms with Crippen molar-refractivity contribution < 1.29 is 4.39 Å². The molecule has 19 heavy (non-hydrogen) atoms. The van der Waals surface area contributed by atoms with Gasteiger partial charge in [0.15, 0.2) is 0 Å². The van der Waals surface area contributed by atoms with Crippen molar-refractivity contribution in [3.8, 4) is 0 Å². The van der Waals surface area contributed by atoms with Crippen LogP contribution in [0, 0.1) is 11.2 Å². The first-order valence-electron chi connectivity index (χ1n) is 7.02. The van der Waals surface area contributed by atoms with Crippen LogP contribution in [-0.2, 0) is 13.0 Å². The minimum atomic E-state index is -0.225. The molecule has 1 aromatic carbocycles. The Bertz CT molecular complexity index is 593. The van der Waals surface area contributed by atoms with Gasteiger partial charge in [0.25, 0.3) is 0 Å². The fourth-order valence-electron chi connectivity index (χ4n) is 3.11. The molecular weight excluding hydrogens is 241 g/mol. The van der Waals surface area contributed by atoms with Crippen molar-refractivity contribution in [1.82, 2.24) is 9.55 Å². The second kappa shape index (κ2) is 4.60. The quantitative estimate of drug-likeness (QED) is 0.919. The third kappa shape index (κ3) is 2.04. The van der Waals surface area contributed by atoms with Gasteiger partial charge in [0.05, 0.1) is 11.0 Å². The summed E-state index contributed by atoms with van der Waals surface area (Å²) in [6, 6.07) is 4.84. The highest BCUT2D eigenvalue weighted by atomic mass is 19.1.